The van der Waals surface area contributed by atoms with E-state index in [9.17, 15) is 13.6 Å². The molecule has 6 nitrogen and oxygen atoms in total. The van der Waals surface area contributed by atoms with Crippen LogP contribution in [0.3, 0.4) is 0 Å². The first-order valence-corrected chi connectivity index (χ1v) is 10.5. The lowest BCUT2D eigenvalue weighted by Gasteiger charge is -2.08. The monoisotopic (exact) mass is 447 g/mol. The molecular formula is C20H15F2N3O3S2. The van der Waals surface area contributed by atoms with Crippen molar-refractivity contribution in [3.63, 3.8) is 0 Å². The van der Waals surface area contributed by atoms with Gasteiger partial charge in [-0.3, -0.25) is 4.79 Å². The highest BCUT2D eigenvalue weighted by Gasteiger charge is 2.16. The van der Waals surface area contributed by atoms with Crippen LogP contribution in [0.1, 0.15) is 11.5 Å². The van der Waals surface area contributed by atoms with Crippen molar-refractivity contribution >= 4 is 33.7 Å². The van der Waals surface area contributed by atoms with E-state index in [1.807, 2.05) is 19.1 Å². The number of aromatic nitrogens is 2. The van der Waals surface area contributed by atoms with Crippen LogP contribution in [0.25, 0.3) is 22.0 Å². The Bertz CT molecular complexity index is 1170. The lowest BCUT2D eigenvalue weighted by molar-refractivity contribution is -0.115. The standard InChI is InChI=1S/C20H15F2N3O3S2/c1-11-6-7-16(27-11)18-23-12(9-29-18)8-17(26)25-20-24-14(10-30-20)13-4-2-3-5-15(13)28-19(21)22/h2-7,9-10,19H,8H2,1H3,(H,24,25,26). The number of furan rings is 1. The number of hydrogen-bond acceptors (Lipinski definition) is 7. The van der Waals surface area contributed by atoms with Crippen LogP contribution in [0.15, 0.2) is 51.6 Å². The van der Waals surface area contributed by atoms with Crippen LogP contribution in [0, 0.1) is 6.92 Å². The van der Waals surface area contributed by atoms with E-state index in [-0.39, 0.29) is 18.1 Å². The summed E-state index contributed by atoms with van der Waals surface area (Å²) in [4.78, 5) is 21.1. The van der Waals surface area contributed by atoms with Crippen molar-refractivity contribution in [1.82, 2.24) is 9.97 Å². The number of benzene rings is 1. The number of rotatable bonds is 7. The second-order valence-electron chi connectivity index (χ2n) is 6.19. The van der Waals surface area contributed by atoms with Gasteiger partial charge in [0.15, 0.2) is 15.9 Å². The molecule has 0 atom stereocenters. The van der Waals surface area contributed by atoms with Crippen molar-refractivity contribution in [2.24, 2.45) is 0 Å². The summed E-state index contributed by atoms with van der Waals surface area (Å²) in [7, 11) is 0. The molecule has 0 aliphatic heterocycles. The minimum Gasteiger partial charge on any atom is -0.459 e. The third kappa shape index (κ3) is 4.71. The number of nitrogens with zero attached hydrogens (tertiary/aromatic N) is 2. The molecule has 0 aliphatic rings. The molecule has 0 spiro atoms. The number of halogens is 2. The number of aryl methyl sites for hydroxylation is 1. The molecule has 0 unspecified atom stereocenters. The maximum Gasteiger partial charge on any atom is 0.387 e. The SMILES string of the molecule is Cc1ccc(-c2nc(CC(=O)Nc3nc(-c4ccccc4OC(F)F)cs3)cs2)o1. The number of carbonyl (C=O) groups excluding carboxylic acids is 1. The highest BCUT2D eigenvalue weighted by atomic mass is 32.1. The zero-order chi connectivity index (χ0) is 21.1. The Morgan fingerprint density at radius 3 is 2.77 bits per heavy atom. The summed E-state index contributed by atoms with van der Waals surface area (Å²) in [6.45, 7) is -1.08. The van der Waals surface area contributed by atoms with Crippen LogP contribution in [-0.4, -0.2) is 22.5 Å². The Balaban J connectivity index is 1.42. The summed E-state index contributed by atoms with van der Waals surface area (Å²) in [5.41, 5.74) is 1.48. The van der Waals surface area contributed by atoms with Crippen molar-refractivity contribution in [1.29, 1.82) is 0 Å². The molecule has 4 rings (SSSR count). The maximum atomic E-state index is 12.6. The van der Waals surface area contributed by atoms with E-state index >= 15 is 0 Å². The summed E-state index contributed by atoms with van der Waals surface area (Å²) in [6, 6.07) is 10.1. The molecule has 10 heteroatoms. The number of alkyl halides is 2. The van der Waals surface area contributed by atoms with Crippen LogP contribution in [0.4, 0.5) is 13.9 Å². The molecule has 0 saturated carbocycles. The summed E-state index contributed by atoms with van der Waals surface area (Å²) < 4.78 is 35.3. The molecule has 0 aliphatic carbocycles. The van der Waals surface area contributed by atoms with Gasteiger partial charge in [-0.15, -0.1) is 22.7 Å². The first-order chi connectivity index (χ1) is 14.5. The fraction of sp³-hybridized carbons (Fsp3) is 0.150. The summed E-state index contributed by atoms with van der Waals surface area (Å²) in [6.07, 6.45) is 0.0795. The molecule has 0 fully saturated rings. The molecule has 4 aromatic rings. The number of anilines is 1. The van der Waals surface area contributed by atoms with Crippen LogP contribution >= 0.6 is 22.7 Å². The fourth-order valence-electron chi connectivity index (χ4n) is 2.71. The quantitative estimate of drug-likeness (QED) is 0.398. The van der Waals surface area contributed by atoms with Crippen LogP contribution in [0.2, 0.25) is 0 Å². The van der Waals surface area contributed by atoms with Gasteiger partial charge in [-0.05, 0) is 31.2 Å². The molecule has 1 N–H and O–H groups in total. The number of carbonyl (C=O) groups is 1. The van der Waals surface area contributed by atoms with Crippen molar-refractivity contribution in [3.05, 3.63) is 58.6 Å². The van der Waals surface area contributed by atoms with E-state index in [1.54, 1.807) is 29.0 Å². The Kier molecular flexibility index (Phi) is 5.86. The number of nitrogens with one attached hydrogen (secondary N) is 1. The number of hydrogen-bond donors (Lipinski definition) is 1. The third-order valence-corrected chi connectivity index (χ3v) is 5.64. The largest absolute Gasteiger partial charge is 0.459 e. The van der Waals surface area contributed by atoms with Gasteiger partial charge in [0.2, 0.25) is 5.91 Å². The smallest absolute Gasteiger partial charge is 0.387 e. The molecule has 154 valence electrons. The Labute approximate surface area is 178 Å². The Morgan fingerprint density at radius 2 is 2.00 bits per heavy atom. The highest BCUT2D eigenvalue weighted by molar-refractivity contribution is 7.14. The van der Waals surface area contributed by atoms with Gasteiger partial charge in [-0.25, -0.2) is 9.97 Å². The summed E-state index contributed by atoms with van der Waals surface area (Å²) in [5.74, 6) is 1.21. The molecule has 3 aromatic heterocycles. The van der Waals surface area contributed by atoms with Crippen molar-refractivity contribution in [2.45, 2.75) is 20.0 Å². The predicted molar refractivity (Wildman–Crippen MR) is 111 cm³/mol. The minimum absolute atomic E-state index is 0.0267. The van der Waals surface area contributed by atoms with Gasteiger partial charge >= 0.3 is 6.61 Å². The van der Waals surface area contributed by atoms with E-state index in [2.05, 4.69) is 20.0 Å². The van der Waals surface area contributed by atoms with E-state index in [0.29, 0.717) is 32.9 Å². The first-order valence-electron chi connectivity index (χ1n) is 8.79. The molecule has 1 amide bonds. The van der Waals surface area contributed by atoms with Crippen molar-refractivity contribution < 1.29 is 22.7 Å². The molecule has 1 aromatic carbocycles. The van der Waals surface area contributed by atoms with Crippen molar-refractivity contribution in [3.8, 4) is 27.8 Å². The Morgan fingerprint density at radius 1 is 1.17 bits per heavy atom. The van der Waals surface area contributed by atoms with Gasteiger partial charge in [0.05, 0.1) is 17.8 Å². The Hall–Kier alpha value is -3.11. The lowest BCUT2D eigenvalue weighted by Crippen LogP contribution is -2.14. The van der Waals surface area contributed by atoms with E-state index in [0.717, 1.165) is 5.76 Å². The van der Waals surface area contributed by atoms with E-state index in [1.165, 1.54) is 28.7 Å². The third-order valence-electron chi connectivity index (χ3n) is 3.97. The van der Waals surface area contributed by atoms with Gasteiger partial charge in [0, 0.05) is 16.3 Å². The average molecular weight is 447 g/mol. The predicted octanol–water partition coefficient (Wildman–Crippen LogP) is 5.62. The molecule has 0 bridgehead atoms. The second kappa shape index (κ2) is 8.72. The van der Waals surface area contributed by atoms with Crippen LogP contribution in [-0.2, 0) is 11.2 Å². The molecule has 0 radical (unpaired) electrons. The van der Waals surface area contributed by atoms with Gasteiger partial charge in [0.25, 0.3) is 0 Å². The molecule has 3 heterocycles. The average Bonchev–Trinajstić information content (AvgIpc) is 3.43. The zero-order valence-corrected chi connectivity index (χ0v) is 17.2. The minimum atomic E-state index is -2.93. The van der Waals surface area contributed by atoms with Crippen LogP contribution < -0.4 is 10.1 Å². The number of amides is 1. The normalized spacial score (nSPS) is 11.1. The maximum absolute atomic E-state index is 12.6. The summed E-state index contributed by atoms with van der Waals surface area (Å²) in [5, 5.41) is 7.25. The van der Waals surface area contributed by atoms with Gasteiger partial charge in [0.1, 0.15) is 11.5 Å². The highest BCUT2D eigenvalue weighted by Crippen LogP contribution is 2.33. The fourth-order valence-corrected chi connectivity index (χ4v) is 4.22. The number of para-hydroxylation sites is 1. The first kappa shape index (κ1) is 20.2. The number of ether oxygens (including phenoxy) is 1. The van der Waals surface area contributed by atoms with Gasteiger partial charge < -0.3 is 14.5 Å². The zero-order valence-electron chi connectivity index (χ0n) is 15.6. The van der Waals surface area contributed by atoms with E-state index < -0.39 is 6.61 Å². The summed E-state index contributed by atoms with van der Waals surface area (Å²) >= 11 is 2.60. The van der Waals surface area contributed by atoms with Crippen molar-refractivity contribution in [2.75, 3.05) is 5.32 Å². The molecular weight excluding hydrogens is 432 g/mol. The number of thiazole rings is 2. The molecule has 0 saturated heterocycles. The van der Waals surface area contributed by atoms with Gasteiger partial charge in [-0.1, -0.05) is 12.1 Å². The topological polar surface area (TPSA) is 77.2 Å². The second-order valence-corrected chi connectivity index (χ2v) is 7.91. The lowest BCUT2D eigenvalue weighted by atomic mass is 10.1. The molecule has 30 heavy (non-hydrogen) atoms. The van der Waals surface area contributed by atoms with Gasteiger partial charge in [-0.2, -0.15) is 8.78 Å². The van der Waals surface area contributed by atoms with E-state index in [4.69, 9.17) is 4.42 Å². The van der Waals surface area contributed by atoms with Crippen LogP contribution in [0.5, 0.6) is 5.75 Å².